The molecule has 19 heavy (non-hydrogen) atoms. The summed E-state index contributed by atoms with van der Waals surface area (Å²) in [5.74, 6) is 0.242. The van der Waals surface area contributed by atoms with E-state index in [1.54, 1.807) is 12.1 Å². The fraction of sp³-hybridized carbons (Fsp3) is 0.333. The smallest absolute Gasteiger partial charge is 0.123 e. The number of nitrogens with two attached hydrogens (primary N) is 1. The molecule has 3 nitrogen and oxygen atoms in total. The Morgan fingerprint density at radius 3 is 2.37 bits per heavy atom. The van der Waals surface area contributed by atoms with E-state index in [0.717, 1.165) is 22.8 Å². The van der Waals surface area contributed by atoms with Gasteiger partial charge in [-0.3, -0.25) is 0 Å². The van der Waals surface area contributed by atoms with E-state index in [-0.39, 0.29) is 18.2 Å². The van der Waals surface area contributed by atoms with Crippen molar-refractivity contribution >= 4 is 23.2 Å². The third-order valence-corrected chi connectivity index (χ3v) is 3.29. The van der Waals surface area contributed by atoms with Crippen molar-refractivity contribution in [1.82, 2.24) is 0 Å². The molecule has 104 valence electrons. The first-order valence-electron chi connectivity index (χ1n) is 6.29. The van der Waals surface area contributed by atoms with Crippen LogP contribution in [-0.4, -0.2) is 16.3 Å². The second-order valence-corrected chi connectivity index (χ2v) is 4.60. The number of aliphatic hydroxyl groups is 1. The predicted octanol–water partition coefficient (Wildman–Crippen LogP) is 3.13. The zero-order chi connectivity index (χ0) is 13.1. The monoisotopic (exact) mass is 281 g/mol. The van der Waals surface area contributed by atoms with Gasteiger partial charge >= 0.3 is 0 Å². The van der Waals surface area contributed by atoms with Gasteiger partial charge < -0.3 is 15.9 Å². The number of phenols is 1. The van der Waals surface area contributed by atoms with Crippen LogP contribution in [0.2, 0.25) is 0 Å². The molecule has 0 aliphatic heterocycles. The maximum Gasteiger partial charge on any atom is 0.123 e. The summed E-state index contributed by atoms with van der Waals surface area (Å²) in [6.45, 7) is 2.02. The number of phenolic OH excluding ortho intramolecular Hbond substituents is 1. The molecule has 2 aromatic rings. The summed E-state index contributed by atoms with van der Waals surface area (Å²) in [4.78, 5) is 0. The molecule has 0 aromatic heterocycles. The van der Waals surface area contributed by atoms with Crippen LogP contribution in [0.4, 0.5) is 0 Å². The average molecular weight is 282 g/mol. The zero-order valence-corrected chi connectivity index (χ0v) is 11.7. The van der Waals surface area contributed by atoms with Gasteiger partial charge in [-0.25, -0.2) is 0 Å². The van der Waals surface area contributed by atoms with Gasteiger partial charge in [0.1, 0.15) is 5.75 Å². The van der Waals surface area contributed by atoms with Crippen LogP contribution in [0.15, 0.2) is 36.4 Å². The Morgan fingerprint density at radius 1 is 1.11 bits per heavy atom. The zero-order valence-electron chi connectivity index (χ0n) is 10.9. The minimum atomic E-state index is -0.553. The van der Waals surface area contributed by atoms with Crippen LogP contribution < -0.4 is 5.73 Å². The summed E-state index contributed by atoms with van der Waals surface area (Å²) in [5, 5.41) is 21.5. The molecule has 0 spiro atoms. The van der Waals surface area contributed by atoms with Gasteiger partial charge in [0.15, 0.2) is 0 Å². The Morgan fingerprint density at radius 2 is 1.74 bits per heavy atom. The summed E-state index contributed by atoms with van der Waals surface area (Å²) in [6, 6.07) is 10.6. The fourth-order valence-electron chi connectivity index (χ4n) is 2.28. The average Bonchev–Trinajstić information content (AvgIpc) is 2.39. The lowest BCUT2D eigenvalue weighted by atomic mass is 9.94. The Hall–Kier alpha value is -1.29. The maximum atomic E-state index is 10.0. The Balaban J connectivity index is 0.00000180. The normalized spacial score (nSPS) is 13.8. The van der Waals surface area contributed by atoms with Gasteiger partial charge in [-0.1, -0.05) is 43.7 Å². The Labute approximate surface area is 119 Å². The van der Waals surface area contributed by atoms with Gasteiger partial charge in [0.2, 0.25) is 0 Å². The van der Waals surface area contributed by atoms with Crippen molar-refractivity contribution < 1.29 is 10.2 Å². The molecule has 4 N–H and O–H groups in total. The summed E-state index contributed by atoms with van der Waals surface area (Å²) < 4.78 is 0. The van der Waals surface area contributed by atoms with E-state index in [0.29, 0.717) is 6.42 Å². The number of fused-ring (bicyclic) bond motifs is 1. The SMILES string of the molecule is CCC[C@@H](O)[C@@H](N)c1ccc(O)c2ccccc12.Cl. The minimum Gasteiger partial charge on any atom is -0.507 e. The molecule has 0 bridgehead atoms. The summed E-state index contributed by atoms with van der Waals surface area (Å²) in [7, 11) is 0. The van der Waals surface area contributed by atoms with Crippen molar-refractivity contribution in [1.29, 1.82) is 0 Å². The number of hydrogen-bond acceptors (Lipinski definition) is 3. The van der Waals surface area contributed by atoms with E-state index >= 15 is 0 Å². The lowest BCUT2D eigenvalue weighted by Crippen LogP contribution is -2.26. The van der Waals surface area contributed by atoms with Crippen molar-refractivity contribution in [2.45, 2.75) is 31.9 Å². The number of aliphatic hydroxyl groups excluding tert-OH is 1. The van der Waals surface area contributed by atoms with E-state index in [1.807, 2.05) is 31.2 Å². The highest BCUT2D eigenvalue weighted by molar-refractivity contribution is 5.91. The van der Waals surface area contributed by atoms with Gasteiger partial charge in [0, 0.05) is 5.39 Å². The van der Waals surface area contributed by atoms with Gasteiger partial charge in [0.05, 0.1) is 12.1 Å². The number of hydrogen-bond donors (Lipinski definition) is 3. The Kier molecular flexibility index (Phi) is 5.60. The van der Waals surface area contributed by atoms with Crippen LogP contribution in [-0.2, 0) is 0 Å². The minimum absolute atomic E-state index is 0. The number of rotatable bonds is 4. The van der Waals surface area contributed by atoms with E-state index in [1.165, 1.54) is 0 Å². The van der Waals surface area contributed by atoms with Crippen molar-refractivity contribution in [3.63, 3.8) is 0 Å². The largest absolute Gasteiger partial charge is 0.507 e. The van der Waals surface area contributed by atoms with Crippen molar-refractivity contribution in [3.05, 3.63) is 42.0 Å². The highest BCUT2D eigenvalue weighted by Crippen LogP contribution is 2.31. The molecule has 0 radical (unpaired) electrons. The maximum absolute atomic E-state index is 10.0. The van der Waals surface area contributed by atoms with Crippen LogP contribution in [0.25, 0.3) is 10.8 Å². The van der Waals surface area contributed by atoms with E-state index in [9.17, 15) is 10.2 Å². The predicted molar refractivity (Wildman–Crippen MR) is 80.7 cm³/mol. The molecule has 2 aromatic carbocycles. The second-order valence-electron chi connectivity index (χ2n) is 4.60. The molecule has 0 heterocycles. The van der Waals surface area contributed by atoms with Crippen molar-refractivity contribution in [2.24, 2.45) is 5.73 Å². The van der Waals surface area contributed by atoms with Gasteiger partial charge in [-0.2, -0.15) is 0 Å². The molecular formula is C15H20ClNO2. The van der Waals surface area contributed by atoms with Crippen molar-refractivity contribution in [2.75, 3.05) is 0 Å². The number of aromatic hydroxyl groups is 1. The molecular weight excluding hydrogens is 262 g/mol. The molecule has 0 fully saturated rings. The first-order valence-corrected chi connectivity index (χ1v) is 6.29. The fourth-order valence-corrected chi connectivity index (χ4v) is 2.28. The van der Waals surface area contributed by atoms with Crippen LogP contribution in [0, 0.1) is 0 Å². The quantitative estimate of drug-likeness (QED) is 0.807. The van der Waals surface area contributed by atoms with Crippen LogP contribution in [0.5, 0.6) is 5.75 Å². The first kappa shape index (κ1) is 15.8. The highest BCUT2D eigenvalue weighted by atomic mass is 35.5. The number of benzene rings is 2. The molecule has 0 unspecified atom stereocenters. The summed E-state index contributed by atoms with van der Waals surface area (Å²) in [6.07, 6.45) is 1.02. The van der Waals surface area contributed by atoms with E-state index in [4.69, 9.17) is 5.73 Å². The van der Waals surface area contributed by atoms with E-state index in [2.05, 4.69) is 0 Å². The van der Waals surface area contributed by atoms with Crippen LogP contribution in [0.3, 0.4) is 0 Å². The topological polar surface area (TPSA) is 66.5 Å². The standard InChI is InChI=1S/C15H19NO2.ClH/c1-2-5-14(18)15(16)12-8-9-13(17)11-7-4-3-6-10(11)12;/h3-4,6-9,14-15,17-18H,2,5,16H2,1H3;1H/t14-,15+;/m1./s1. The first-order chi connectivity index (χ1) is 8.65. The van der Waals surface area contributed by atoms with Crippen LogP contribution in [0.1, 0.15) is 31.4 Å². The molecule has 2 atom stereocenters. The third-order valence-electron chi connectivity index (χ3n) is 3.29. The second kappa shape index (κ2) is 6.75. The molecule has 0 aliphatic carbocycles. The summed E-state index contributed by atoms with van der Waals surface area (Å²) in [5.41, 5.74) is 6.99. The third kappa shape index (κ3) is 3.18. The molecule has 0 saturated heterocycles. The van der Waals surface area contributed by atoms with Gasteiger partial charge in [-0.15, -0.1) is 12.4 Å². The van der Waals surface area contributed by atoms with Gasteiger partial charge in [0.25, 0.3) is 0 Å². The lowest BCUT2D eigenvalue weighted by Gasteiger charge is -2.20. The van der Waals surface area contributed by atoms with Crippen LogP contribution >= 0.6 is 12.4 Å². The molecule has 0 amide bonds. The molecule has 4 heteroatoms. The van der Waals surface area contributed by atoms with Gasteiger partial charge in [-0.05, 0) is 23.4 Å². The molecule has 0 saturated carbocycles. The highest BCUT2D eigenvalue weighted by Gasteiger charge is 2.18. The summed E-state index contributed by atoms with van der Waals surface area (Å²) >= 11 is 0. The molecule has 2 rings (SSSR count). The lowest BCUT2D eigenvalue weighted by molar-refractivity contribution is 0.135. The number of halogens is 1. The Bertz CT molecular complexity index is 545. The van der Waals surface area contributed by atoms with Crippen molar-refractivity contribution in [3.8, 4) is 5.75 Å². The molecule has 0 aliphatic rings. The van der Waals surface area contributed by atoms with E-state index < -0.39 is 12.1 Å².